The Labute approximate surface area is 379 Å². The van der Waals surface area contributed by atoms with Gasteiger partial charge in [-0.25, -0.2) is 13.1 Å². The summed E-state index contributed by atoms with van der Waals surface area (Å²) in [4.78, 5) is 25.8. The van der Waals surface area contributed by atoms with Crippen molar-refractivity contribution in [3.05, 3.63) is 66.7 Å². The van der Waals surface area contributed by atoms with Crippen LogP contribution in [0.1, 0.15) is 142 Å². The fourth-order valence-electron chi connectivity index (χ4n) is 8.13. The van der Waals surface area contributed by atoms with Gasteiger partial charge in [-0.05, 0) is 58.7 Å². The van der Waals surface area contributed by atoms with Crippen LogP contribution < -0.4 is 14.9 Å². The molecule has 1 amide bonds. The van der Waals surface area contributed by atoms with Gasteiger partial charge in [0.2, 0.25) is 15.9 Å². The lowest BCUT2D eigenvalue weighted by atomic mass is 9.94. The quantitative estimate of drug-likeness (QED) is 0.0136. The summed E-state index contributed by atoms with van der Waals surface area (Å²) in [6, 6.07) is 16.9. The minimum absolute atomic E-state index is 0.0332. The van der Waals surface area contributed by atoms with E-state index in [9.17, 15) is 27.8 Å². The summed E-state index contributed by atoms with van der Waals surface area (Å²) < 4.78 is 52.9. The second kappa shape index (κ2) is 27.5. The van der Waals surface area contributed by atoms with Crippen LogP contribution in [-0.4, -0.2) is 83.5 Å². The molecule has 3 atom stereocenters. The number of benzene rings is 4. The number of phosphoric acid groups is 1. The third-order valence-corrected chi connectivity index (χ3v) is 14.4. The SMILES string of the molecule is CCCCCCCCCCCCC/C=C/[C@@H](O)[C@H](COP(=O)([O-])OCC[N+](C)(C)C)NC(=O)CCCCCCCCCCNS(=O)(=O)c1ccc2ccc3cccc4ccc1c2c34. The van der Waals surface area contributed by atoms with Gasteiger partial charge in [0.25, 0.3) is 7.82 Å². The summed E-state index contributed by atoms with van der Waals surface area (Å²) in [5, 5.41) is 19.8. The highest BCUT2D eigenvalue weighted by Crippen LogP contribution is 2.39. The van der Waals surface area contributed by atoms with Crippen molar-refractivity contribution in [3.8, 4) is 0 Å². The fraction of sp³-hybridized carbons (Fsp3) is 0.620. The molecular weight excluding hydrogens is 834 g/mol. The van der Waals surface area contributed by atoms with Gasteiger partial charge in [-0.1, -0.05) is 170 Å². The third kappa shape index (κ3) is 19.2. The molecule has 13 heteroatoms. The molecule has 0 fully saturated rings. The summed E-state index contributed by atoms with van der Waals surface area (Å²) in [6.07, 6.45) is 24.5. The number of aliphatic hydroxyl groups is 1. The van der Waals surface area contributed by atoms with Crippen LogP contribution in [0, 0.1) is 0 Å². The zero-order valence-corrected chi connectivity index (χ0v) is 40.5. The third-order valence-electron chi connectivity index (χ3n) is 11.9. The van der Waals surface area contributed by atoms with Crippen molar-refractivity contribution in [2.45, 2.75) is 159 Å². The Kier molecular flexibility index (Phi) is 23.0. The molecule has 0 radical (unpaired) electrons. The molecule has 0 saturated heterocycles. The number of likely N-dealkylation sites (N-methyl/N-ethyl adjacent to an activating group) is 1. The number of rotatable bonds is 35. The Morgan fingerprint density at radius 3 is 1.90 bits per heavy atom. The number of carbonyl (C=O) groups is 1. The number of unbranched alkanes of at least 4 members (excludes halogenated alkanes) is 18. The molecule has 0 spiro atoms. The minimum atomic E-state index is -4.64. The average molecular weight is 912 g/mol. The summed E-state index contributed by atoms with van der Waals surface area (Å²) in [5.74, 6) is -0.266. The number of aliphatic hydroxyl groups excluding tert-OH is 1. The normalized spacial score (nSPS) is 14.6. The van der Waals surface area contributed by atoms with E-state index in [1.54, 1.807) is 12.1 Å². The van der Waals surface area contributed by atoms with Crippen molar-refractivity contribution in [2.24, 2.45) is 0 Å². The van der Waals surface area contributed by atoms with E-state index in [2.05, 4.69) is 41.2 Å². The number of hydrogen-bond donors (Lipinski definition) is 3. The van der Waals surface area contributed by atoms with Crippen LogP contribution in [-0.2, 0) is 28.4 Å². The molecular formula is C50H78N3O8PS. The number of sulfonamides is 1. The van der Waals surface area contributed by atoms with Gasteiger partial charge in [0.15, 0.2) is 0 Å². The number of phosphoric ester groups is 1. The largest absolute Gasteiger partial charge is 0.756 e. The molecule has 0 heterocycles. The molecule has 11 nitrogen and oxygen atoms in total. The fourth-order valence-corrected chi connectivity index (χ4v) is 10.1. The van der Waals surface area contributed by atoms with Crippen LogP contribution in [0.3, 0.4) is 0 Å². The van der Waals surface area contributed by atoms with Crippen molar-refractivity contribution in [3.63, 3.8) is 0 Å². The van der Waals surface area contributed by atoms with Gasteiger partial charge >= 0.3 is 0 Å². The molecule has 352 valence electrons. The molecule has 0 aliphatic rings. The lowest BCUT2D eigenvalue weighted by Gasteiger charge is -2.29. The van der Waals surface area contributed by atoms with Crippen molar-refractivity contribution < 1.29 is 41.3 Å². The smallest absolute Gasteiger partial charge is 0.268 e. The molecule has 4 aromatic rings. The maximum Gasteiger partial charge on any atom is 0.268 e. The number of nitrogens with one attached hydrogen (secondary N) is 2. The highest BCUT2D eigenvalue weighted by Gasteiger charge is 2.24. The lowest BCUT2D eigenvalue weighted by molar-refractivity contribution is -0.870. The van der Waals surface area contributed by atoms with Gasteiger partial charge in [-0.3, -0.25) is 9.36 Å². The van der Waals surface area contributed by atoms with Crippen LogP contribution in [0.25, 0.3) is 32.3 Å². The molecule has 4 aromatic carbocycles. The molecule has 0 aromatic heterocycles. The molecule has 0 bridgehead atoms. The number of allylic oxidation sites excluding steroid dienone is 1. The van der Waals surface area contributed by atoms with E-state index in [1.165, 1.54) is 57.8 Å². The predicted octanol–water partition coefficient (Wildman–Crippen LogP) is 10.7. The summed E-state index contributed by atoms with van der Waals surface area (Å²) in [5.41, 5.74) is 0. The van der Waals surface area contributed by atoms with E-state index < -0.39 is 36.6 Å². The van der Waals surface area contributed by atoms with Gasteiger partial charge in [-0.2, -0.15) is 0 Å². The van der Waals surface area contributed by atoms with Crippen molar-refractivity contribution in [1.82, 2.24) is 10.0 Å². The molecule has 63 heavy (non-hydrogen) atoms. The van der Waals surface area contributed by atoms with Crippen molar-refractivity contribution >= 4 is 56.1 Å². The van der Waals surface area contributed by atoms with E-state index in [4.69, 9.17) is 9.05 Å². The zero-order chi connectivity index (χ0) is 45.6. The number of amides is 1. The number of hydrogen-bond acceptors (Lipinski definition) is 8. The number of nitrogens with zero attached hydrogens (tertiary/aromatic N) is 1. The number of carbonyl (C=O) groups excluding carboxylic acids is 1. The van der Waals surface area contributed by atoms with Gasteiger partial charge in [0, 0.05) is 18.4 Å². The molecule has 0 aliphatic heterocycles. The molecule has 0 aliphatic carbocycles. The van der Waals surface area contributed by atoms with Crippen LogP contribution in [0.5, 0.6) is 0 Å². The first-order chi connectivity index (χ1) is 30.2. The van der Waals surface area contributed by atoms with E-state index in [-0.39, 0.29) is 18.9 Å². The standard InChI is InChI=1S/C50H78N3O8PS/c1-5-6-7-8-9-10-11-12-13-14-17-20-23-29-46(54)45(40-61-62(56,57)60-39-38-53(2,3)4)52-48(55)30-24-21-18-15-16-19-22-25-37-51-63(58,59)47-36-34-43-32-31-41-27-26-28-42-33-35-44(47)50(43)49(41)42/h23,26-29,31-36,45-46,51,54H,5-22,24-25,30,37-40H2,1-4H3,(H-,52,55,56,57)/b29-23+/t45-,46+/m0/s1. The predicted molar refractivity (Wildman–Crippen MR) is 257 cm³/mol. The molecule has 4 rings (SSSR count). The van der Waals surface area contributed by atoms with Gasteiger partial charge in [0.1, 0.15) is 13.2 Å². The van der Waals surface area contributed by atoms with Gasteiger partial charge < -0.3 is 28.8 Å². The topological polar surface area (TPSA) is 154 Å². The maximum absolute atomic E-state index is 13.4. The summed E-state index contributed by atoms with van der Waals surface area (Å²) in [7, 11) is -2.53. The second-order valence-electron chi connectivity index (χ2n) is 18.4. The lowest BCUT2D eigenvalue weighted by Crippen LogP contribution is -2.45. The Balaban J connectivity index is 1.11. The van der Waals surface area contributed by atoms with E-state index >= 15 is 0 Å². The minimum Gasteiger partial charge on any atom is -0.756 e. The summed E-state index contributed by atoms with van der Waals surface area (Å²) in [6.45, 7) is 2.63. The first-order valence-corrected chi connectivity index (χ1v) is 26.9. The average Bonchev–Trinajstić information content (AvgIpc) is 3.24. The van der Waals surface area contributed by atoms with Crippen molar-refractivity contribution in [2.75, 3.05) is 47.4 Å². The first kappa shape index (κ1) is 52.7. The second-order valence-corrected chi connectivity index (χ2v) is 21.5. The highest BCUT2D eigenvalue weighted by atomic mass is 32.2. The highest BCUT2D eigenvalue weighted by molar-refractivity contribution is 7.89. The summed E-state index contributed by atoms with van der Waals surface area (Å²) >= 11 is 0. The Morgan fingerprint density at radius 1 is 0.746 bits per heavy atom. The van der Waals surface area contributed by atoms with E-state index in [1.807, 2.05) is 51.5 Å². The molecule has 1 unspecified atom stereocenters. The van der Waals surface area contributed by atoms with Crippen LogP contribution in [0.15, 0.2) is 71.6 Å². The van der Waals surface area contributed by atoms with Crippen LogP contribution >= 0.6 is 7.82 Å². The van der Waals surface area contributed by atoms with Gasteiger partial charge in [-0.15, -0.1) is 0 Å². The molecule has 0 saturated carbocycles. The van der Waals surface area contributed by atoms with Crippen LogP contribution in [0.2, 0.25) is 0 Å². The van der Waals surface area contributed by atoms with Crippen LogP contribution in [0.4, 0.5) is 0 Å². The monoisotopic (exact) mass is 912 g/mol. The zero-order valence-electron chi connectivity index (χ0n) is 38.8. The molecule has 3 N–H and O–H groups in total. The van der Waals surface area contributed by atoms with Gasteiger partial charge in [0.05, 0.1) is 44.8 Å². The van der Waals surface area contributed by atoms with Crippen molar-refractivity contribution in [1.29, 1.82) is 0 Å². The Morgan fingerprint density at radius 2 is 1.29 bits per heavy atom. The number of quaternary nitrogens is 1. The Hall–Kier alpha value is -2.93. The van der Waals surface area contributed by atoms with E-state index in [0.29, 0.717) is 28.9 Å². The Bertz CT molecular complexity index is 2110. The van der Waals surface area contributed by atoms with E-state index in [0.717, 1.165) is 96.5 Å². The first-order valence-electron chi connectivity index (χ1n) is 23.9. The maximum atomic E-state index is 13.4.